The molecule has 7 nitrogen and oxygen atoms in total. The quantitative estimate of drug-likeness (QED) is 0.783. The van der Waals surface area contributed by atoms with Gasteiger partial charge in [0.05, 0.1) is 16.8 Å². The van der Waals surface area contributed by atoms with E-state index in [1.54, 1.807) is 9.80 Å². The van der Waals surface area contributed by atoms with Crippen molar-refractivity contribution in [3.8, 4) is 0 Å². The second-order valence-corrected chi connectivity index (χ2v) is 8.85. The van der Waals surface area contributed by atoms with Crippen LogP contribution in [0.25, 0.3) is 10.2 Å². The summed E-state index contributed by atoms with van der Waals surface area (Å²) in [4.78, 5) is 35.2. The van der Waals surface area contributed by atoms with Crippen molar-refractivity contribution < 1.29 is 14.3 Å². The Hall–Kier alpha value is -2.19. The topological polar surface area (TPSA) is 66.0 Å². The van der Waals surface area contributed by atoms with Crippen LogP contribution in [0.5, 0.6) is 0 Å². The number of anilines is 1. The van der Waals surface area contributed by atoms with Crippen molar-refractivity contribution in [2.75, 3.05) is 44.2 Å². The Balaban J connectivity index is 1.56. The van der Waals surface area contributed by atoms with Gasteiger partial charge in [-0.25, -0.2) is 9.78 Å². The standard InChI is InChI=1S/C20H28N4O3S/c1-5-24(18-21-15-8-6-7-9-16(15)28-18)17(25)14-22-10-12-23(13-11-22)19(26)27-20(2,3)4/h6-9H,5,10-14H2,1-4H3. The molecule has 0 aliphatic carbocycles. The maximum Gasteiger partial charge on any atom is 0.410 e. The Kier molecular flexibility index (Phi) is 6.20. The zero-order valence-electron chi connectivity index (χ0n) is 17.0. The van der Waals surface area contributed by atoms with E-state index in [2.05, 4.69) is 9.88 Å². The fourth-order valence-electron chi connectivity index (χ4n) is 3.09. The number of fused-ring (bicyclic) bond motifs is 1. The van der Waals surface area contributed by atoms with Crippen molar-refractivity contribution in [2.24, 2.45) is 0 Å². The number of piperazine rings is 1. The molecule has 0 radical (unpaired) electrons. The van der Waals surface area contributed by atoms with Gasteiger partial charge in [0.25, 0.3) is 0 Å². The number of likely N-dealkylation sites (N-methyl/N-ethyl adjacent to an activating group) is 1. The smallest absolute Gasteiger partial charge is 0.410 e. The summed E-state index contributed by atoms with van der Waals surface area (Å²) in [7, 11) is 0. The van der Waals surface area contributed by atoms with Gasteiger partial charge < -0.3 is 9.64 Å². The van der Waals surface area contributed by atoms with E-state index in [4.69, 9.17) is 4.74 Å². The Morgan fingerprint density at radius 2 is 1.86 bits per heavy atom. The first kappa shape index (κ1) is 20.5. The molecule has 1 aromatic carbocycles. The number of rotatable bonds is 4. The van der Waals surface area contributed by atoms with Crippen LogP contribution in [0.15, 0.2) is 24.3 Å². The third-order valence-electron chi connectivity index (χ3n) is 4.51. The SMILES string of the molecule is CCN(C(=O)CN1CCN(C(=O)OC(C)(C)C)CC1)c1nc2ccccc2s1. The highest BCUT2D eigenvalue weighted by molar-refractivity contribution is 7.22. The van der Waals surface area contributed by atoms with Crippen LogP contribution in [0.4, 0.5) is 9.93 Å². The molecule has 3 rings (SSSR count). The largest absolute Gasteiger partial charge is 0.444 e. The first-order valence-electron chi connectivity index (χ1n) is 9.63. The molecule has 2 amide bonds. The third kappa shape index (κ3) is 4.99. The van der Waals surface area contributed by atoms with Crippen LogP contribution in [-0.4, -0.2) is 71.7 Å². The highest BCUT2D eigenvalue weighted by atomic mass is 32.1. The number of nitrogens with zero attached hydrogens (tertiary/aromatic N) is 4. The summed E-state index contributed by atoms with van der Waals surface area (Å²) in [5.41, 5.74) is 0.419. The molecular weight excluding hydrogens is 376 g/mol. The lowest BCUT2D eigenvalue weighted by molar-refractivity contribution is -0.120. The van der Waals surface area contributed by atoms with Crippen molar-refractivity contribution >= 4 is 38.7 Å². The summed E-state index contributed by atoms with van der Waals surface area (Å²) in [6, 6.07) is 7.91. The number of aromatic nitrogens is 1. The van der Waals surface area contributed by atoms with Crippen LogP contribution in [0, 0.1) is 0 Å². The van der Waals surface area contributed by atoms with Gasteiger partial charge in [0.15, 0.2) is 5.13 Å². The number of carbonyl (C=O) groups is 2. The van der Waals surface area contributed by atoms with Crippen molar-refractivity contribution in [1.82, 2.24) is 14.8 Å². The maximum atomic E-state index is 12.9. The average molecular weight is 405 g/mol. The van der Waals surface area contributed by atoms with E-state index in [0.29, 0.717) is 39.3 Å². The molecule has 0 saturated carbocycles. The minimum atomic E-state index is -0.497. The van der Waals surface area contributed by atoms with Crippen LogP contribution in [0.2, 0.25) is 0 Å². The minimum Gasteiger partial charge on any atom is -0.444 e. The zero-order chi connectivity index (χ0) is 20.3. The molecule has 1 saturated heterocycles. The fraction of sp³-hybridized carbons (Fsp3) is 0.550. The summed E-state index contributed by atoms with van der Waals surface area (Å²) in [5, 5.41) is 0.737. The number of amides is 2. The van der Waals surface area contributed by atoms with E-state index in [0.717, 1.165) is 15.3 Å². The van der Waals surface area contributed by atoms with E-state index in [1.807, 2.05) is 52.0 Å². The molecule has 1 aromatic heterocycles. The van der Waals surface area contributed by atoms with Crippen molar-refractivity contribution in [2.45, 2.75) is 33.3 Å². The fourth-order valence-corrected chi connectivity index (χ4v) is 4.13. The molecule has 0 unspecified atom stereocenters. The van der Waals surface area contributed by atoms with Gasteiger partial charge in [0.1, 0.15) is 5.60 Å². The number of thiazole rings is 1. The maximum absolute atomic E-state index is 12.9. The minimum absolute atomic E-state index is 0.0345. The van der Waals surface area contributed by atoms with Gasteiger partial charge in [-0.1, -0.05) is 23.5 Å². The number of benzene rings is 1. The van der Waals surface area contributed by atoms with Gasteiger partial charge in [0.2, 0.25) is 5.91 Å². The Morgan fingerprint density at radius 1 is 1.18 bits per heavy atom. The molecule has 2 aromatic rings. The van der Waals surface area contributed by atoms with E-state index in [9.17, 15) is 9.59 Å². The number of para-hydroxylation sites is 1. The molecule has 0 bridgehead atoms. The van der Waals surface area contributed by atoms with Gasteiger partial charge in [-0.2, -0.15) is 0 Å². The molecule has 1 aliphatic rings. The molecule has 0 atom stereocenters. The predicted molar refractivity (Wildman–Crippen MR) is 112 cm³/mol. The highest BCUT2D eigenvalue weighted by Gasteiger charge is 2.28. The molecule has 8 heteroatoms. The zero-order valence-corrected chi connectivity index (χ0v) is 17.8. The predicted octanol–water partition coefficient (Wildman–Crippen LogP) is 3.20. The third-order valence-corrected chi connectivity index (χ3v) is 5.57. The number of hydrogen-bond acceptors (Lipinski definition) is 6. The number of carbonyl (C=O) groups excluding carboxylic acids is 2. The summed E-state index contributed by atoms with van der Waals surface area (Å²) >= 11 is 1.54. The molecule has 0 N–H and O–H groups in total. The van der Waals surface area contributed by atoms with E-state index >= 15 is 0 Å². The average Bonchev–Trinajstić information content (AvgIpc) is 3.05. The molecular formula is C20H28N4O3S. The Labute approximate surface area is 169 Å². The van der Waals surface area contributed by atoms with Gasteiger partial charge in [-0.05, 0) is 39.8 Å². The molecule has 152 valence electrons. The molecule has 2 heterocycles. The lowest BCUT2D eigenvalue weighted by Crippen LogP contribution is -2.52. The van der Waals surface area contributed by atoms with Crippen molar-refractivity contribution in [1.29, 1.82) is 0 Å². The summed E-state index contributed by atoms with van der Waals surface area (Å²) in [6.45, 7) is 10.9. The van der Waals surface area contributed by atoms with Gasteiger partial charge >= 0.3 is 6.09 Å². The summed E-state index contributed by atoms with van der Waals surface area (Å²) < 4.78 is 6.50. The normalized spacial score (nSPS) is 15.6. The van der Waals surface area contributed by atoms with Gasteiger partial charge in [0, 0.05) is 32.7 Å². The first-order valence-corrected chi connectivity index (χ1v) is 10.4. The van der Waals surface area contributed by atoms with Crippen LogP contribution < -0.4 is 4.90 Å². The number of hydrogen-bond donors (Lipinski definition) is 0. The summed E-state index contributed by atoms with van der Waals surface area (Å²) in [5.74, 6) is 0.0345. The number of ether oxygens (including phenoxy) is 1. The Bertz CT molecular complexity index is 804. The van der Waals surface area contributed by atoms with E-state index in [1.165, 1.54) is 11.3 Å². The second kappa shape index (κ2) is 8.45. The lowest BCUT2D eigenvalue weighted by Gasteiger charge is -2.35. The van der Waals surface area contributed by atoms with Crippen LogP contribution >= 0.6 is 11.3 Å². The van der Waals surface area contributed by atoms with Gasteiger partial charge in [-0.3, -0.25) is 14.6 Å². The highest BCUT2D eigenvalue weighted by Crippen LogP contribution is 2.28. The van der Waals surface area contributed by atoms with Crippen LogP contribution in [0.1, 0.15) is 27.7 Å². The van der Waals surface area contributed by atoms with Crippen molar-refractivity contribution in [3.05, 3.63) is 24.3 Å². The second-order valence-electron chi connectivity index (χ2n) is 7.85. The van der Waals surface area contributed by atoms with E-state index < -0.39 is 5.60 Å². The monoisotopic (exact) mass is 404 g/mol. The first-order chi connectivity index (χ1) is 13.3. The summed E-state index contributed by atoms with van der Waals surface area (Å²) in [6.07, 6.45) is -0.289. The Morgan fingerprint density at radius 3 is 2.46 bits per heavy atom. The van der Waals surface area contributed by atoms with Crippen LogP contribution in [0.3, 0.4) is 0 Å². The van der Waals surface area contributed by atoms with Crippen LogP contribution in [-0.2, 0) is 9.53 Å². The van der Waals surface area contributed by atoms with E-state index in [-0.39, 0.29) is 12.0 Å². The molecule has 0 spiro atoms. The van der Waals surface area contributed by atoms with Crippen molar-refractivity contribution in [3.63, 3.8) is 0 Å². The molecule has 1 fully saturated rings. The lowest BCUT2D eigenvalue weighted by atomic mass is 10.2. The van der Waals surface area contributed by atoms with Gasteiger partial charge in [-0.15, -0.1) is 0 Å². The molecule has 1 aliphatic heterocycles. The molecule has 28 heavy (non-hydrogen) atoms.